The highest BCUT2D eigenvalue weighted by atomic mass is 16.5. The van der Waals surface area contributed by atoms with Crippen molar-refractivity contribution in [2.24, 2.45) is 0 Å². The van der Waals surface area contributed by atoms with Gasteiger partial charge in [-0.25, -0.2) is 0 Å². The molecule has 1 aliphatic carbocycles. The average molecular weight is 385 g/mol. The van der Waals surface area contributed by atoms with Crippen molar-refractivity contribution in [1.82, 2.24) is 4.90 Å². The highest BCUT2D eigenvalue weighted by molar-refractivity contribution is 5.87. The number of ether oxygens (including phenoxy) is 5. The molecule has 6 nitrogen and oxygen atoms in total. The minimum absolute atomic E-state index is 0.248. The van der Waals surface area contributed by atoms with Gasteiger partial charge in [0.15, 0.2) is 23.0 Å². The summed E-state index contributed by atoms with van der Waals surface area (Å²) >= 11 is 0. The number of methoxy groups -OCH3 is 5. The van der Waals surface area contributed by atoms with E-state index in [0.717, 1.165) is 42.0 Å². The topological polar surface area (TPSA) is 49.4 Å². The summed E-state index contributed by atoms with van der Waals surface area (Å²) in [6, 6.07) is 4.37. The van der Waals surface area contributed by atoms with Crippen LogP contribution in [-0.4, -0.2) is 54.0 Å². The Morgan fingerprint density at radius 2 is 1.46 bits per heavy atom. The monoisotopic (exact) mass is 385 g/mol. The van der Waals surface area contributed by atoms with Crippen LogP contribution < -0.4 is 23.7 Å². The third-order valence-electron chi connectivity index (χ3n) is 5.99. The predicted molar refractivity (Wildman–Crippen MR) is 107 cm³/mol. The van der Waals surface area contributed by atoms with Crippen molar-refractivity contribution < 1.29 is 23.7 Å². The zero-order chi connectivity index (χ0) is 20.0. The van der Waals surface area contributed by atoms with Gasteiger partial charge in [-0.1, -0.05) is 0 Å². The van der Waals surface area contributed by atoms with E-state index < -0.39 is 0 Å². The molecule has 2 aromatic carbocycles. The van der Waals surface area contributed by atoms with Gasteiger partial charge in [-0.2, -0.15) is 0 Å². The van der Waals surface area contributed by atoms with Gasteiger partial charge < -0.3 is 23.7 Å². The van der Waals surface area contributed by atoms with E-state index in [-0.39, 0.29) is 6.04 Å². The summed E-state index contributed by atoms with van der Waals surface area (Å²) in [5, 5.41) is 0. The van der Waals surface area contributed by atoms with Crippen molar-refractivity contribution in [2.75, 3.05) is 49.1 Å². The summed E-state index contributed by atoms with van der Waals surface area (Å²) < 4.78 is 28.5. The van der Waals surface area contributed by atoms with Crippen molar-refractivity contribution in [1.29, 1.82) is 0 Å². The molecule has 0 amide bonds. The van der Waals surface area contributed by atoms with Crippen LogP contribution in [0.15, 0.2) is 12.1 Å². The third-order valence-corrected chi connectivity index (χ3v) is 5.99. The molecule has 0 fully saturated rings. The van der Waals surface area contributed by atoms with E-state index >= 15 is 0 Å². The van der Waals surface area contributed by atoms with Crippen LogP contribution in [0.2, 0.25) is 0 Å². The van der Waals surface area contributed by atoms with Crippen LogP contribution in [0.5, 0.6) is 28.7 Å². The van der Waals surface area contributed by atoms with Crippen molar-refractivity contribution >= 4 is 0 Å². The smallest absolute Gasteiger partial charge is 0.204 e. The fourth-order valence-corrected chi connectivity index (χ4v) is 4.68. The minimum atomic E-state index is 0.248. The van der Waals surface area contributed by atoms with E-state index in [4.69, 9.17) is 23.7 Å². The molecule has 1 atom stereocenters. The van der Waals surface area contributed by atoms with E-state index in [1.54, 1.807) is 35.5 Å². The number of benzene rings is 2. The highest BCUT2D eigenvalue weighted by Crippen LogP contribution is 2.57. The van der Waals surface area contributed by atoms with Crippen LogP contribution in [0.3, 0.4) is 0 Å². The van der Waals surface area contributed by atoms with Crippen LogP contribution in [0.1, 0.15) is 22.7 Å². The Morgan fingerprint density at radius 3 is 2.07 bits per heavy atom. The number of rotatable bonds is 5. The van der Waals surface area contributed by atoms with Crippen LogP contribution in [0.25, 0.3) is 11.1 Å². The first-order valence-corrected chi connectivity index (χ1v) is 9.39. The number of nitrogens with zero attached hydrogens (tertiary/aromatic N) is 1. The van der Waals surface area contributed by atoms with E-state index in [1.165, 1.54) is 16.7 Å². The highest BCUT2D eigenvalue weighted by Gasteiger charge is 2.39. The van der Waals surface area contributed by atoms with Gasteiger partial charge in [0.2, 0.25) is 5.75 Å². The molecule has 0 unspecified atom stereocenters. The first-order chi connectivity index (χ1) is 13.6. The molecule has 0 N–H and O–H groups in total. The summed E-state index contributed by atoms with van der Waals surface area (Å²) in [6.07, 6.45) is 1.80. The van der Waals surface area contributed by atoms with Gasteiger partial charge in [0.05, 0.1) is 35.5 Å². The molecule has 28 heavy (non-hydrogen) atoms. The molecule has 1 heterocycles. The molecule has 0 aromatic heterocycles. The van der Waals surface area contributed by atoms with Crippen LogP contribution in [0.4, 0.5) is 0 Å². The number of hydrogen-bond donors (Lipinski definition) is 0. The van der Waals surface area contributed by atoms with E-state index in [2.05, 4.69) is 18.0 Å². The third kappa shape index (κ3) is 2.51. The van der Waals surface area contributed by atoms with Gasteiger partial charge in [-0.3, -0.25) is 4.90 Å². The maximum absolute atomic E-state index is 5.88. The molecule has 1 aliphatic heterocycles. The van der Waals surface area contributed by atoms with E-state index in [9.17, 15) is 0 Å². The lowest BCUT2D eigenvalue weighted by Crippen LogP contribution is -2.36. The molecule has 0 radical (unpaired) electrons. The Morgan fingerprint density at radius 1 is 0.821 bits per heavy atom. The Labute approximate surface area is 165 Å². The van der Waals surface area contributed by atoms with Gasteiger partial charge >= 0.3 is 0 Å². The second-order valence-corrected chi connectivity index (χ2v) is 7.18. The normalized spacial score (nSPS) is 17.4. The molecular formula is C22H27NO5. The molecular weight excluding hydrogens is 358 g/mol. The second kappa shape index (κ2) is 7.09. The summed E-state index contributed by atoms with van der Waals surface area (Å²) in [7, 11) is 10.5. The summed E-state index contributed by atoms with van der Waals surface area (Å²) in [5.74, 6) is 3.56. The van der Waals surface area contributed by atoms with Crippen LogP contribution in [0, 0.1) is 0 Å². The number of likely N-dealkylation sites (N-methyl/N-ethyl adjacent to an activating group) is 1. The van der Waals surface area contributed by atoms with Crippen molar-refractivity contribution in [3.63, 3.8) is 0 Å². The summed E-state index contributed by atoms with van der Waals surface area (Å²) in [5.41, 5.74) is 5.84. The standard InChI is InChI=1S/C22H27NO5/c1-23-8-7-13-18-15(23)9-12-10-16(24-2)17(25-3)11-14(12)19(18)21(27-5)22(28-6)20(13)26-4/h10-11,15H,7-9H2,1-6H3/t15-/m1/s1. The average Bonchev–Trinajstić information content (AvgIpc) is 2.73. The molecule has 2 aromatic rings. The summed E-state index contributed by atoms with van der Waals surface area (Å²) in [6.45, 7) is 0.964. The summed E-state index contributed by atoms with van der Waals surface area (Å²) in [4.78, 5) is 2.40. The van der Waals surface area contributed by atoms with Crippen LogP contribution >= 0.6 is 0 Å². The molecule has 0 saturated carbocycles. The Hall–Kier alpha value is -2.60. The maximum atomic E-state index is 5.88. The lowest BCUT2D eigenvalue weighted by molar-refractivity contribution is 0.222. The fraction of sp³-hybridized carbons (Fsp3) is 0.455. The zero-order valence-corrected chi connectivity index (χ0v) is 17.3. The quantitative estimate of drug-likeness (QED) is 0.785. The van der Waals surface area contributed by atoms with Crippen molar-refractivity contribution in [3.05, 3.63) is 28.8 Å². The molecule has 150 valence electrons. The molecule has 0 saturated heterocycles. The predicted octanol–water partition coefficient (Wildman–Crippen LogP) is 3.48. The van der Waals surface area contributed by atoms with Gasteiger partial charge in [0.25, 0.3) is 0 Å². The Balaban J connectivity index is 2.11. The Bertz CT molecular complexity index is 924. The van der Waals surface area contributed by atoms with Gasteiger partial charge in [0, 0.05) is 23.7 Å². The second-order valence-electron chi connectivity index (χ2n) is 7.18. The largest absolute Gasteiger partial charge is 0.493 e. The fourth-order valence-electron chi connectivity index (χ4n) is 4.68. The minimum Gasteiger partial charge on any atom is -0.493 e. The molecule has 2 aliphatic rings. The van der Waals surface area contributed by atoms with Crippen molar-refractivity contribution in [2.45, 2.75) is 18.9 Å². The lowest BCUT2D eigenvalue weighted by atomic mass is 9.76. The molecule has 0 bridgehead atoms. The first kappa shape index (κ1) is 18.7. The lowest BCUT2D eigenvalue weighted by Gasteiger charge is -2.41. The van der Waals surface area contributed by atoms with Gasteiger partial charge in [-0.05, 0) is 48.7 Å². The van der Waals surface area contributed by atoms with Gasteiger partial charge in [-0.15, -0.1) is 0 Å². The molecule has 6 heteroatoms. The van der Waals surface area contributed by atoms with Crippen molar-refractivity contribution in [3.8, 4) is 39.9 Å². The molecule has 4 rings (SSSR count). The van der Waals surface area contributed by atoms with Gasteiger partial charge in [0.1, 0.15) is 0 Å². The van der Waals surface area contributed by atoms with E-state index in [0.29, 0.717) is 17.2 Å². The Kier molecular flexibility index (Phi) is 4.75. The molecule has 0 spiro atoms. The SMILES string of the molecule is COc1cc2c(cc1OC)-c1c(OC)c(OC)c(OC)c3c1[C@@H](C2)N(C)CC3. The van der Waals surface area contributed by atoms with E-state index in [1.807, 2.05) is 6.07 Å². The van der Waals surface area contributed by atoms with Crippen LogP contribution in [-0.2, 0) is 12.8 Å². The number of fused-ring (bicyclic) bond motifs is 2. The number of hydrogen-bond acceptors (Lipinski definition) is 6. The zero-order valence-electron chi connectivity index (χ0n) is 17.3. The first-order valence-electron chi connectivity index (χ1n) is 9.39. The maximum Gasteiger partial charge on any atom is 0.204 e.